The Bertz CT molecular complexity index is 532. The van der Waals surface area contributed by atoms with Crippen LogP contribution in [0.3, 0.4) is 0 Å². The molecule has 22 heavy (non-hydrogen) atoms. The van der Waals surface area contributed by atoms with Crippen molar-refractivity contribution in [3.63, 3.8) is 0 Å². The lowest BCUT2D eigenvalue weighted by atomic mass is 10.2. The van der Waals surface area contributed by atoms with Gasteiger partial charge in [-0.25, -0.2) is 0 Å². The molecule has 1 aromatic carbocycles. The highest BCUT2D eigenvalue weighted by molar-refractivity contribution is 5.51. The predicted octanol–water partition coefficient (Wildman–Crippen LogP) is 3.10. The maximum absolute atomic E-state index is 5.89. The first kappa shape index (κ1) is 16.2. The molecule has 1 aromatic heterocycles. The highest BCUT2D eigenvalue weighted by atomic mass is 16.5. The van der Waals surface area contributed by atoms with Crippen LogP contribution in [0.4, 0.5) is 0 Å². The van der Waals surface area contributed by atoms with Gasteiger partial charge in [-0.3, -0.25) is 0 Å². The average molecular weight is 305 g/mol. The predicted molar refractivity (Wildman–Crippen MR) is 84.6 cm³/mol. The number of ether oxygens (including phenoxy) is 3. The van der Waals surface area contributed by atoms with Crippen molar-refractivity contribution in [1.29, 1.82) is 0 Å². The van der Waals surface area contributed by atoms with Crippen LogP contribution in [0.5, 0.6) is 17.2 Å². The van der Waals surface area contributed by atoms with Crippen molar-refractivity contribution < 1.29 is 18.6 Å². The van der Waals surface area contributed by atoms with Gasteiger partial charge in [0.15, 0.2) is 11.5 Å². The van der Waals surface area contributed by atoms with Gasteiger partial charge < -0.3 is 23.9 Å². The van der Waals surface area contributed by atoms with Crippen LogP contribution in [-0.2, 0) is 6.54 Å². The number of methoxy groups -OCH3 is 2. The Labute approximate surface area is 131 Å². The smallest absolute Gasteiger partial charge is 0.203 e. The van der Waals surface area contributed by atoms with Gasteiger partial charge in [-0.15, -0.1) is 0 Å². The Morgan fingerprint density at radius 1 is 1.09 bits per heavy atom. The largest absolute Gasteiger partial charge is 0.493 e. The Morgan fingerprint density at radius 2 is 1.82 bits per heavy atom. The van der Waals surface area contributed by atoms with E-state index >= 15 is 0 Å². The Kier molecular flexibility index (Phi) is 6.15. The van der Waals surface area contributed by atoms with Crippen LogP contribution in [0.15, 0.2) is 41.0 Å². The molecule has 2 aromatic rings. The highest BCUT2D eigenvalue weighted by Crippen LogP contribution is 2.36. The van der Waals surface area contributed by atoms with Crippen molar-refractivity contribution in [2.45, 2.75) is 13.5 Å². The minimum atomic E-state index is 0.338. The zero-order valence-corrected chi connectivity index (χ0v) is 13.3. The molecule has 0 saturated heterocycles. The van der Waals surface area contributed by atoms with Crippen LogP contribution in [0.2, 0.25) is 0 Å². The van der Waals surface area contributed by atoms with E-state index in [1.165, 1.54) is 0 Å². The molecule has 5 heteroatoms. The molecule has 0 bridgehead atoms. The Morgan fingerprint density at radius 3 is 2.41 bits per heavy atom. The minimum absolute atomic E-state index is 0.338. The number of benzene rings is 1. The molecule has 5 nitrogen and oxygen atoms in total. The molecule has 0 aliphatic rings. The maximum Gasteiger partial charge on any atom is 0.203 e. The molecule has 1 heterocycles. The fourth-order valence-corrected chi connectivity index (χ4v) is 2.10. The first-order valence-electron chi connectivity index (χ1n) is 7.31. The summed E-state index contributed by atoms with van der Waals surface area (Å²) in [6.07, 6.45) is 1.68. The summed E-state index contributed by atoms with van der Waals surface area (Å²) in [7, 11) is 3.24. The first-order chi connectivity index (χ1) is 10.7. The van der Waals surface area contributed by atoms with E-state index in [4.69, 9.17) is 18.6 Å². The van der Waals surface area contributed by atoms with Crippen molar-refractivity contribution in [1.82, 2.24) is 5.32 Å². The summed E-state index contributed by atoms with van der Waals surface area (Å²) in [4.78, 5) is 0. The molecule has 0 aliphatic carbocycles. The summed E-state index contributed by atoms with van der Waals surface area (Å²) in [5, 5.41) is 3.34. The third-order valence-corrected chi connectivity index (χ3v) is 3.27. The van der Waals surface area contributed by atoms with E-state index in [-0.39, 0.29) is 0 Å². The number of hydrogen-bond acceptors (Lipinski definition) is 5. The first-order valence-corrected chi connectivity index (χ1v) is 7.31. The second-order valence-electron chi connectivity index (χ2n) is 5.12. The molecule has 2 rings (SSSR count). The van der Waals surface area contributed by atoms with Gasteiger partial charge in [-0.1, -0.05) is 13.0 Å². The van der Waals surface area contributed by atoms with Gasteiger partial charge in [0, 0.05) is 12.5 Å². The van der Waals surface area contributed by atoms with Gasteiger partial charge in [-0.2, -0.15) is 0 Å². The molecular weight excluding hydrogens is 282 g/mol. The van der Waals surface area contributed by atoms with Crippen molar-refractivity contribution in [2.75, 3.05) is 27.4 Å². The quantitative estimate of drug-likeness (QED) is 0.771. The van der Waals surface area contributed by atoms with E-state index < -0.39 is 0 Å². The second-order valence-corrected chi connectivity index (χ2v) is 5.12. The van der Waals surface area contributed by atoms with E-state index in [2.05, 4.69) is 12.2 Å². The Balaban J connectivity index is 1.81. The summed E-state index contributed by atoms with van der Waals surface area (Å²) in [5.41, 5.74) is 0. The van der Waals surface area contributed by atoms with Crippen LogP contribution < -0.4 is 19.5 Å². The van der Waals surface area contributed by atoms with E-state index in [1.807, 2.05) is 30.3 Å². The highest BCUT2D eigenvalue weighted by Gasteiger charge is 2.13. The number of furan rings is 1. The number of nitrogens with one attached hydrogen (secondary N) is 1. The normalized spacial score (nSPS) is 12.0. The zero-order valence-electron chi connectivity index (χ0n) is 13.3. The molecule has 0 spiro atoms. The minimum Gasteiger partial charge on any atom is -0.493 e. The van der Waals surface area contributed by atoms with Crippen molar-refractivity contribution >= 4 is 0 Å². The maximum atomic E-state index is 5.89. The van der Waals surface area contributed by atoms with Crippen molar-refractivity contribution in [3.05, 3.63) is 42.4 Å². The summed E-state index contributed by atoms with van der Waals surface area (Å²) < 4.78 is 21.8. The number of hydrogen-bond donors (Lipinski definition) is 1. The lowest BCUT2D eigenvalue weighted by molar-refractivity contribution is 0.231. The molecule has 0 amide bonds. The summed E-state index contributed by atoms with van der Waals surface area (Å²) >= 11 is 0. The van der Waals surface area contributed by atoms with Gasteiger partial charge in [0.05, 0.1) is 33.6 Å². The third kappa shape index (κ3) is 4.43. The van der Waals surface area contributed by atoms with E-state index in [1.54, 1.807) is 20.5 Å². The van der Waals surface area contributed by atoms with E-state index in [0.717, 1.165) is 18.8 Å². The van der Waals surface area contributed by atoms with Gasteiger partial charge >= 0.3 is 0 Å². The molecule has 1 atom stereocenters. The van der Waals surface area contributed by atoms with Crippen LogP contribution in [0, 0.1) is 5.92 Å². The van der Waals surface area contributed by atoms with Crippen LogP contribution in [0.1, 0.15) is 12.7 Å². The molecule has 1 unspecified atom stereocenters. The van der Waals surface area contributed by atoms with Crippen LogP contribution in [-0.4, -0.2) is 27.4 Å². The lowest BCUT2D eigenvalue weighted by Crippen LogP contribution is -2.24. The fourth-order valence-electron chi connectivity index (χ4n) is 2.10. The molecular formula is C17H23NO4. The molecule has 0 fully saturated rings. The molecule has 0 aliphatic heterocycles. The third-order valence-electron chi connectivity index (χ3n) is 3.27. The van der Waals surface area contributed by atoms with Gasteiger partial charge in [0.2, 0.25) is 5.75 Å². The second kappa shape index (κ2) is 8.34. The standard InChI is InChI=1S/C17H23NO4/c1-13(10-18-11-14-6-5-9-21-14)12-22-17-15(19-2)7-4-8-16(17)20-3/h4-9,13,18H,10-12H2,1-3H3. The lowest BCUT2D eigenvalue weighted by Gasteiger charge is -2.17. The topological polar surface area (TPSA) is 52.9 Å². The molecule has 0 radical (unpaired) electrons. The van der Waals surface area contributed by atoms with Crippen molar-refractivity contribution in [3.8, 4) is 17.2 Å². The van der Waals surface area contributed by atoms with Gasteiger partial charge in [0.1, 0.15) is 5.76 Å². The van der Waals surface area contributed by atoms with E-state index in [9.17, 15) is 0 Å². The Hall–Kier alpha value is -2.14. The average Bonchev–Trinajstić information content (AvgIpc) is 3.05. The SMILES string of the molecule is COc1cccc(OC)c1OCC(C)CNCc1ccco1. The van der Waals surface area contributed by atoms with Gasteiger partial charge in [-0.05, 0) is 24.3 Å². The van der Waals surface area contributed by atoms with E-state index in [0.29, 0.717) is 29.8 Å². The summed E-state index contributed by atoms with van der Waals surface area (Å²) in [6.45, 7) is 4.24. The van der Waals surface area contributed by atoms with Crippen LogP contribution in [0.25, 0.3) is 0 Å². The molecule has 120 valence electrons. The van der Waals surface area contributed by atoms with Crippen molar-refractivity contribution in [2.24, 2.45) is 5.92 Å². The van der Waals surface area contributed by atoms with Gasteiger partial charge in [0.25, 0.3) is 0 Å². The molecule has 1 N–H and O–H groups in total. The number of rotatable bonds is 9. The molecule has 0 saturated carbocycles. The van der Waals surface area contributed by atoms with Crippen LogP contribution >= 0.6 is 0 Å². The summed E-state index contributed by atoms with van der Waals surface area (Å²) in [5.74, 6) is 3.26. The monoisotopic (exact) mass is 305 g/mol. The zero-order chi connectivity index (χ0) is 15.8. The summed E-state index contributed by atoms with van der Waals surface area (Å²) in [6, 6.07) is 9.43. The number of para-hydroxylation sites is 1. The fraction of sp³-hybridized carbons (Fsp3) is 0.412.